The van der Waals surface area contributed by atoms with Gasteiger partial charge in [-0.3, -0.25) is 9.59 Å². The van der Waals surface area contributed by atoms with Crippen LogP contribution in [0.3, 0.4) is 0 Å². The molecule has 1 fully saturated rings. The number of esters is 2. The summed E-state index contributed by atoms with van der Waals surface area (Å²) in [5, 5.41) is 0.571. The molecular formula is C18H18O4S. The number of thioether (sulfide) groups is 1. The van der Waals surface area contributed by atoms with Gasteiger partial charge in [-0.2, -0.15) is 0 Å². The summed E-state index contributed by atoms with van der Waals surface area (Å²) in [4.78, 5) is 22.9. The monoisotopic (exact) mass is 330 g/mol. The minimum Gasteiger partial charge on any atom is -0.458 e. The molecule has 0 radical (unpaired) electrons. The first-order chi connectivity index (χ1) is 11.1. The van der Waals surface area contributed by atoms with Crippen molar-refractivity contribution < 1.29 is 19.1 Å². The molecule has 1 aromatic carbocycles. The van der Waals surface area contributed by atoms with Gasteiger partial charge in [-0.25, -0.2) is 0 Å². The van der Waals surface area contributed by atoms with E-state index in [0.717, 1.165) is 0 Å². The maximum Gasteiger partial charge on any atom is 0.303 e. The number of hydrogen-bond donors (Lipinski definition) is 0. The summed E-state index contributed by atoms with van der Waals surface area (Å²) in [5.41, 5.74) is 2.66. The van der Waals surface area contributed by atoms with E-state index in [-0.39, 0.29) is 46.5 Å². The molecule has 120 valence electrons. The van der Waals surface area contributed by atoms with Gasteiger partial charge in [0.25, 0.3) is 0 Å². The Balaban J connectivity index is 1.74. The van der Waals surface area contributed by atoms with E-state index < -0.39 is 0 Å². The SMILES string of the molecule is CC(=O)O[C@H]1C=C[C@@H](OC(C)=O)C2C1[C@H]1S[C@@H]2c2ccccc21. The van der Waals surface area contributed by atoms with Gasteiger partial charge < -0.3 is 9.47 Å². The zero-order chi connectivity index (χ0) is 16.1. The summed E-state index contributed by atoms with van der Waals surface area (Å²) in [6.45, 7) is 2.88. The summed E-state index contributed by atoms with van der Waals surface area (Å²) in [7, 11) is 0. The molecule has 1 saturated heterocycles. The summed E-state index contributed by atoms with van der Waals surface area (Å²) in [5.74, 6) is -0.243. The summed E-state index contributed by atoms with van der Waals surface area (Å²) in [6, 6.07) is 8.43. The number of hydrogen-bond acceptors (Lipinski definition) is 5. The maximum atomic E-state index is 11.5. The fraction of sp³-hybridized carbons (Fsp3) is 0.444. The molecule has 1 aromatic rings. The number of benzene rings is 1. The van der Waals surface area contributed by atoms with Gasteiger partial charge in [0.1, 0.15) is 12.2 Å². The average molecular weight is 330 g/mol. The van der Waals surface area contributed by atoms with Gasteiger partial charge in [0.2, 0.25) is 0 Å². The lowest BCUT2D eigenvalue weighted by Crippen LogP contribution is -2.43. The predicted octanol–water partition coefficient (Wildman–Crippen LogP) is 3.19. The van der Waals surface area contributed by atoms with E-state index in [1.807, 2.05) is 23.9 Å². The van der Waals surface area contributed by atoms with Gasteiger partial charge in [-0.15, -0.1) is 11.8 Å². The Labute approximate surface area is 139 Å². The van der Waals surface area contributed by atoms with Gasteiger partial charge >= 0.3 is 11.9 Å². The highest BCUT2D eigenvalue weighted by Crippen LogP contribution is 2.69. The van der Waals surface area contributed by atoms with Crippen LogP contribution in [0.5, 0.6) is 0 Å². The molecule has 0 saturated carbocycles. The molecule has 1 aliphatic carbocycles. The van der Waals surface area contributed by atoms with E-state index in [4.69, 9.17) is 9.47 Å². The first-order valence-corrected chi connectivity index (χ1v) is 8.77. The molecule has 5 heteroatoms. The molecule has 4 nitrogen and oxygen atoms in total. The van der Waals surface area contributed by atoms with Crippen LogP contribution >= 0.6 is 11.8 Å². The molecule has 0 amide bonds. The first kappa shape index (κ1) is 14.8. The van der Waals surface area contributed by atoms with Crippen molar-refractivity contribution in [3.05, 3.63) is 47.5 Å². The quantitative estimate of drug-likeness (QED) is 0.616. The molecule has 2 unspecified atom stereocenters. The molecule has 2 bridgehead atoms. The van der Waals surface area contributed by atoms with E-state index in [1.165, 1.54) is 25.0 Å². The van der Waals surface area contributed by atoms with E-state index in [2.05, 4.69) is 24.3 Å². The van der Waals surface area contributed by atoms with Crippen molar-refractivity contribution in [1.82, 2.24) is 0 Å². The molecular weight excluding hydrogens is 312 g/mol. The first-order valence-electron chi connectivity index (χ1n) is 7.83. The fourth-order valence-electron chi connectivity index (χ4n) is 4.21. The second-order valence-electron chi connectivity index (χ2n) is 6.29. The number of carbonyl (C=O) groups is 2. The molecule has 4 rings (SSSR count). The lowest BCUT2D eigenvalue weighted by Gasteiger charge is -2.40. The second kappa shape index (κ2) is 5.41. The van der Waals surface area contributed by atoms with Crippen LogP contribution in [0.2, 0.25) is 0 Å². The average Bonchev–Trinajstić information content (AvgIpc) is 3.06. The van der Waals surface area contributed by atoms with E-state index in [9.17, 15) is 9.59 Å². The van der Waals surface area contributed by atoms with Gasteiger partial charge in [0.05, 0.1) is 0 Å². The maximum absolute atomic E-state index is 11.5. The van der Waals surface area contributed by atoms with Crippen molar-refractivity contribution in [2.24, 2.45) is 11.8 Å². The number of carbonyl (C=O) groups excluding carboxylic acids is 2. The van der Waals surface area contributed by atoms with E-state index >= 15 is 0 Å². The topological polar surface area (TPSA) is 52.6 Å². The normalized spacial score (nSPS) is 36.3. The largest absolute Gasteiger partial charge is 0.458 e. The summed E-state index contributed by atoms with van der Waals surface area (Å²) >= 11 is 1.90. The van der Waals surface area contributed by atoms with Crippen molar-refractivity contribution in [1.29, 1.82) is 0 Å². The Kier molecular flexibility index (Phi) is 3.48. The Bertz CT molecular complexity index is 641. The minimum absolute atomic E-state index is 0.151. The van der Waals surface area contributed by atoms with Crippen LogP contribution in [-0.2, 0) is 19.1 Å². The highest BCUT2D eigenvalue weighted by Gasteiger charge is 2.58. The van der Waals surface area contributed by atoms with Crippen molar-refractivity contribution in [2.75, 3.05) is 0 Å². The van der Waals surface area contributed by atoms with Crippen LogP contribution in [0.1, 0.15) is 35.5 Å². The smallest absolute Gasteiger partial charge is 0.303 e. The standard InChI is InChI=1S/C18H18O4S/c1-9(19)21-13-7-8-14(22-10(2)20)16-15(13)17-11-5-3-4-6-12(11)18(16)23-17/h3-8,13-18H,1-2H3/t13-,14+,15?,16?,17-,18+. The molecule has 23 heavy (non-hydrogen) atoms. The molecule has 3 aliphatic rings. The molecule has 0 spiro atoms. The predicted molar refractivity (Wildman–Crippen MR) is 86.7 cm³/mol. The Morgan fingerprint density at radius 3 is 1.70 bits per heavy atom. The van der Waals surface area contributed by atoms with Crippen LogP contribution in [0.4, 0.5) is 0 Å². The van der Waals surface area contributed by atoms with Crippen LogP contribution < -0.4 is 0 Å². The molecule has 6 atom stereocenters. The Morgan fingerprint density at radius 1 is 0.870 bits per heavy atom. The van der Waals surface area contributed by atoms with E-state index in [1.54, 1.807) is 0 Å². The van der Waals surface area contributed by atoms with Crippen LogP contribution in [0.15, 0.2) is 36.4 Å². The van der Waals surface area contributed by atoms with Gasteiger partial charge in [0.15, 0.2) is 0 Å². The van der Waals surface area contributed by atoms with Crippen LogP contribution in [0, 0.1) is 11.8 Å². The second-order valence-corrected chi connectivity index (χ2v) is 7.58. The summed E-state index contributed by atoms with van der Waals surface area (Å²) < 4.78 is 11.1. The number of fused-ring (bicyclic) bond motifs is 8. The summed E-state index contributed by atoms with van der Waals surface area (Å²) in [6.07, 6.45) is 3.28. The fourth-order valence-corrected chi connectivity index (χ4v) is 6.28. The van der Waals surface area contributed by atoms with Crippen LogP contribution in [0.25, 0.3) is 0 Å². The highest BCUT2D eigenvalue weighted by molar-refractivity contribution is 8.00. The highest BCUT2D eigenvalue weighted by atomic mass is 32.2. The zero-order valence-corrected chi connectivity index (χ0v) is 13.8. The molecule has 2 heterocycles. The third-order valence-corrected chi connectivity index (χ3v) is 6.62. The van der Waals surface area contributed by atoms with Crippen LogP contribution in [-0.4, -0.2) is 24.1 Å². The van der Waals surface area contributed by atoms with E-state index in [0.29, 0.717) is 0 Å². The van der Waals surface area contributed by atoms with Gasteiger partial charge in [0, 0.05) is 36.2 Å². The molecule has 0 N–H and O–H groups in total. The Hall–Kier alpha value is -1.75. The molecule has 2 aliphatic heterocycles. The van der Waals surface area contributed by atoms with Crippen molar-refractivity contribution in [3.8, 4) is 0 Å². The van der Waals surface area contributed by atoms with Crippen molar-refractivity contribution in [3.63, 3.8) is 0 Å². The number of ether oxygens (including phenoxy) is 2. The lowest BCUT2D eigenvalue weighted by atomic mass is 9.68. The zero-order valence-electron chi connectivity index (χ0n) is 13.0. The lowest BCUT2D eigenvalue weighted by molar-refractivity contribution is -0.155. The van der Waals surface area contributed by atoms with Gasteiger partial charge in [-0.1, -0.05) is 24.3 Å². The third-order valence-electron chi connectivity index (χ3n) is 4.90. The minimum atomic E-state index is -0.273. The van der Waals surface area contributed by atoms with Crippen molar-refractivity contribution in [2.45, 2.75) is 36.6 Å². The molecule has 0 aromatic heterocycles. The third kappa shape index (κ3) is 2.29. The Morgan fingerprint density at radius 2 is 1.30 bits per heavy atom. The van der Waals surface area contributed by atoms with Crippen molar-refractivity contribution >= 4 is 23.7 Å². The van der Waals surface area contributed by atoms with Gasteiger partial charge in [-0.05, 0) is 23.3 Å². The number of rotatable bonds is 2.